The molecule has 3 N–H and O–H groups in total. The molecule has 0 saturated carbocycles. The van der Waals surface area contributed by atoms with E-state index in [1.807, 2.05) is 6.92 Å². The van der Waals surface area contributed by atoms with Crippen LogP contribution in [0.5, 0.6) is 0 Å². The highest BCUT2D eigenvalue weighted by Gasteiger charge is 2.61. The van der Waals surface area contributed by atoms with Crippen LogP contribution in [-0.2, 0) is 37.0 Å². The predicted octanol–water partition coefficient (Wildman–Crippen LogP) is 3.51. The first-order chi connectivity index (χ1) is 18.5. The van der Waals surface area contributed by atoms with Crippen LogP contribution in [0.3, 0.4) is 0 Å². The van der Waals surface area contributed by atoms with E-state index in [0.717, 1.165) is 0 Å². The van der Waals surface area contributed by atoms with E-state index in [2.05, 4.69) is 53.9 Å². The van der Waals surface area contributed by atoms with Crippen LogP contribution in [0.2, 0.25) is 18.1 Å². The van der Waals surface area contributed by atoms with Gasteiger partial charge in [-0.2, -0.15) is 0 Å². The lowest BCUT2D eigenvalue weighted by Crippen LogP contribution is -2.57. The van der Waals surface area contributed by atoms with Crippen molar-refractivity contribution < 1.29 is 37.0 Å². The van der Waals surface area contributed by atoms with E-state index in [4.69, 9.17) is 33.4 Å². The molecule has 6 atom stereocenters. The maximum Gasteiger partial charge on any atom is 0.408 e. The Morgan fingerprint density at radius 2 is 1.95 bits per heavy atom. The number of rotatable bonds is 7. The van der Waals surface area contributed by atoms with Crippen LogP contribution in [0.15, 0.2) is 12.7 Å². The smallest absolute Gasteiger partial charge is 0.408 e. The van der Waals surface area contributed by atoms with Gasteiger partial charge in [-0.25, -0.2) is 24.6 Å². The molecule has 2 saturated heterocycles. The molecule has 4 heterocycles. The lowest BCUT2D eigenvalue weighted by atomic mass is 9.96. The zero-order chi connectivity index (χ0) is 29.7. The Labute approximate surface area is 235 Å². The van der Waals surface area contributed by atoms with Crippen molar-refractivity contribution in [1.82, 2.24) is 24.6 Å². The van der Waals surface area contributed by atoms with Crippen molar-refractivity contribution in [3.05, 3.63) is 12.7 Å². The SMILES string of the molecule is CC(C)OC(=O)C(C)NP1(=O)OCOC2[C@@H](CO1)O[C@@H](n1cnc3c(N)ncnc31)[C@@]2(C)O[Si](C)(C)C(C)(C)C. The van der Waals surface area contributed by atoms with Gasteiger partial charge in [0, 0.05) is 0 Å². The van der Waals surface area contributed by atoms with Crippen molar-refractivity contribution in [3.63, 3.8) is 0 Å². The quantitative estimate of drug-likeness (QED) is 0.269. The summed E-state index contributed by atoms with van der Waals surface area (Å²) in [7, 11) is -6.37. The molecule has 2 aliphatic heterocycles. The summed E-state index contributed by atoms with van der Waals surface area (Å²) in [4.78, 5) is 25.1. The number of carbonyl (C=O) groups excluding carboxylic acids is 1. The van der Waals surface area contributed by atoms with Gasteiger partial charge in [0.15, 0.2) is 32.8 Å². The number of nitrogen functional groups attached to an aromatic ring is 1. The summed E-state index contributed by atoms with van der Waals surface area (Å²) in [6, 6.07) is -0.949. The number of imidazole rings is 1. The van der Waals surface area contributed by atoms with Gasteiger partial charge in [-0.05, 0) is 45.8 Å². The summed E-state index contributed by atoms with van der Waals surface area (Å²) in [5.41, 5.74) is 5.89. The van der Waals surface area contributed by atoms with E-state index in [1.165, 1.54) is 13.3 Å². The van der Waals surface area contributed by atoms with Crippen molar-refractivity contribution in [3.8, 4) is 0 Å². The molecule has 3 unspecified atom stereocenters. The molecule has 2 fully saturated rings. The van der Waals surface area contributed by atoms with Crippen LogP contribution >= 0.6 is 7.75 Å². The number of hydrogen-bond donors (Lipinski definition) is 2. The summed E-state index contributed by atoms with van der Waals surface area (Å²) < 4.78 is 51.5. The van der Waals surface area contributed by atoms with Crippen molar-refractivity contribution in [2.24, 2.45) is 0 Å². The minimum atomic E-state index is -3.97. The topological polar surface area (TPSA) is 171 Å². The number of fused-ring (bicyclic) bond motifs is 2. The fourth-order valence-electron chi connectivity index (χ4n) is 4.56. The second-order valence-electron chi connectivity index (χ2n) is 12.1. The fraction of sp³-hybridized carbons (Fsp3) is 0.750. The van der Waals surface area contributed by atoms with Gasteiger partial charge >= 0.3 is 13.7 Å². The van der Waals surface area contributed by atoms with E-state index in [1.54, 1.807) is 24.7 Å². The van der Waals surface area contributed by atoms with Gasteiger partial charge in [-0.3, -0.25) is 18.4 Å². The Morgan fingerprint density at radius 3 is 2.60 bits per heavy atom. The first-order valence-electron chi connectivity index (χ1n) is 13.2. The minimum Gasteiger partial charge on any atom is -0.462 e. The Hall–Kier alpha value is -1.97. The second kappa shape index (κ2) is 11.0. The number of ether oxygens (including phenoxy) is 3. The van der Waals surface area contributed by atoms with Gasteiger partial charge < -0.3 is 24.4 Å². The molecule has 16 heteroatoms. The molecular formula is C24H41N6O8PSi. The zero-order valence-corrected chi connectivity index (χ0v) is 26.4. The van der Waals surface area contributed by atoms with Crippen molar-refractivity contribution >= 4 is 39.0 Å². The number of nitrogens with one attached hydrogen (secondary N) is 1. The van der Waals surface area contributed by atoms with Gasteiger partial charge in [-0.1, -0.05) is 20.8 Å². The zero-order valence-electron chi connectivity index (χ0n) is 24.5. The van der Waals surface area contributed by atoms with Gasteiger partial charge in [0.1, 0.15) is 35.7 Å². The molecular weight excluding hydrogens is 559 g/mol. The standard InChI is InChI=1S/C24H41N6O8PSi/c1-14(2)36-21(31)15(3)29-39(32)34-10-16-18(33-13-35-39)24(7,38-40(8,9)23(4,5)6)22(37-16)30-12-28-17-19(25)26-11-27-20(17)30/h11-12,14-16,18,22H,10,13H2,1-9H3,(H,29,32)(H2,25,26,27)/t15?,16-,18?,22-,24+,39?/m1/s1. The van der Waals surface area contributed by atoms with E-state index in [-0.39, 0.29) is 23.6 Å². The molecule has 224 valence electrons. The maximum atomic E-state index is 13.5. The normalized spacial score (nSPS) is 30.6. The number of esters is 1. The molecule has 14 nitrogen and oxygen atoms in total. The monoisotopic (exact) mass is 600 g/mol. The van der Waals surface area contributed by atoms with Gasteiger partial charge in [0.2, 0.25) is 0 Å². The number of nitrogens with two attached hydrogens (primary N) is 1. The highest BCUT2D eigenvalue weighted by atomic mass is 31.2. The van der Waals surface area contributed by atoms with Crippen LogP contribution in [-0.4, -0.2) is 77.2 Å². The first kappa shape index (κ1) is 31.0. The number of aromatic nitrogens is 4. The summed E-state index contributed by atoms with van der Waals surface area (Å²) in [5, 5.41) is 2.50. The highest BCUT2D eigenvalue weighted by Crippen LogP contribution is 2.52. The number of hydrogen-bond acceptors (Lipinski definition) is 12. The molecule has 0 aromatic carbocycles. The third kappa shape index (κ3) is 5.97. The average Bonchev–Trinajstić information content (AvgIpc) is 3.35. The average molecular weight is 601 g/mol. The number of anilines is 1. The Kier molecular flexibility index (Phi) is 8.54. The Balaban J connectivity index is 1.66. The summed E-state index contributed by atoms with van der Waals surface area (Å²) in [5.74, 6) is -0.344. The van der Waals surface area contributed by atoms with Gasteiger partial charge in [0.05, 0.1) is 19.0 Å². The van der Waals surface area contributed by atoms with Crippen molar-refractivity contribution in [2.75, 3.05) is 19.1 Å². The molecule has 2 aliphatic rings. The van der Waals surface area contributed by atoms with E-state index >= 15 is 0 Å². The van der Waals surface area contributed by atoms with Crippen molar-refractivity contribution in [1.29, 1.82) is 0 Å². The van der Waals surface area contributed by atoms with Crippen LogP contribution in [0.25, 0.3) is 11.2 Å². The van der Waals surface area contributed by atoms with Crippen molar-refractivity contribution in [2.45, 2.75) is 103 Å². The summed E-state index contributed by atoms with van der Waals surface area (Å²) in [6.45, 7) is 17.0. The predicted molar refractivity (Wildman–Crippen MR) is 149 cm³/mol. The molecule has 0 amide bonds. The highest BCUT2D eigenvalue weighted by molar-refractivity contribution is 7.51. The molecule has 2 aromatic rings. The third-order valence-electron chi connectivity index (χ3n) is 7.55. The molecule has 40 heavy (non-hydrogen) atoms. The summed E-state index contributed by atoms with van der Waals surface area (Å²) >= 11 is 0. The van der Waals surface area contributed by atoms with Crippen LogP contribution in [0, 0.1) is 0 Å². The van der Waals surface area contributed by atoms with E-state index in [0.29, 0.717) is 11.2 Å². The molecule has 0 aliphatic carbocycles. The summed E-state index contributed by atoms with van der Waals surface area (Å²) in [6.07, 6.45) is 0.459. The maximum absolute atomic E-state index is 13.5. The second-order valence-corrected chi connectivity index (χ2v) is 18.6. The molecule has 0 bridgehead atoms. The fourth-order valence-corrected chi connectivity index (χ4v) is 7.53. The van der Waals surface area contributed by atoms with Crippen LogP contribution in [0.1, 0.15) is 54.7 Å². The molecule has 0 spiro atoms. The number of carbonyl (C=O) groups is 1. The molecule has 2 aromatic heterocycles. The van der Waals surface area contributed by atoms with Gasteiger partial charge in [0.25, 0.3) is 0 Å². The van der Waals surface area contributed by atoms with E-state index < -0.39 is 58.9 Å². The van der Waals surface area contributed by atoms with Gasteiger partial charge in [-0.15, -0.1) is 0 Å². The minimum absolute atomic E-state index is 0.128. The Morgan fingerprint density at radius 1 is 1.25 bits per heavy atom. The van der Waals surface area contributed by atoms with E-state index in [9.17, 15) is 9.36 Å². The lowest BCUT2D eigenvalue weighted by molar-refractivity contribution is -0.150. The largest absolute Gasteiger partial charge is 0.462 e. The first-order valence-corrected chi connectivity index (χ1v) is 17.7. The molecule has 0 radical (unpaired) electrons. The third-order valence-corrected chi connectivity index (χ3v) is 13.8. The number of nitrogens with zero attached hydrogens (tertiary/aromatic N) is 4. The van der Waals surface area contributed by atoms with Crippen LogP contribution in [0.4, 0.5) is 5.82 Å². The van der Waals surface area contributed by atoms with Crippen LogP contribution < -0.4 is 10.8 Å². The Bertz CT molecular complexity index is 1290. The molecule has 4 rings (SSSR count). The lowest BCUT2D eigenvalue weighted by Gasteiger charge is -2.46.